The summed E-state index contributed by atoms with van der Waals surface area (Å²) in [6.45, 7) is -0.819. The summed E-state index contributed by atoms with van der Waals surface area (Å²) in [5.74, 6) is -0.639. The molecule has 0 spiro atoms. The molecule has 1 N–H and O–H groups in total. The van der Waals surface area contributed by atoms with Gasteiger partial charge >= 0.3 is 0 Å². The van der Waals surface area contributed by atoms with Crippen LogP contribution in [0.5, 0.6) is 0 Å². The molecule has 9 heteroatoms. The lowest BCUT2D eigenvalue weighted by molar-refractivity contribution is -0.384. The highest BCUT2D eigenvalue weighted by Crippen LogP contribution is 2.21. The van der Waals surface area contributed by atoms with Crippen LogP contribution in [-0.2, 0) is 4.74 Å². The maximum absolute atomic E-state index is 11.8. The van der Waals surface area contributed by atoms with Crippen molar-refractivity contribution < 1.29 is 23.2 Å². The Bertz CT molecular complexity index is 499. The Kier molecular flexibility index (Phi) is 6.26. The monoisotopic (exact) mass is 308 g/mol. The second kappa shape index (κ2) is 7.71. The van der Waals surface area contributed by atoms with Gasteiger partial charge in [-0.15, -0.1) is 0 Å². The summed E-state index contributed by atoms with van der Waals surface area (Å²) in [4.78, 5) is 21.7. The number of rotatable bonds is 7. The third-order valence-corrected chi connectivity index (χ3v) is 2.51. The highest BCUT2D eigenvalue weighted by Gasteiger charge is 2.15. The molecule has 0 aliphatic rings. The normalized spacial score (nSPS) is 10.6. The van der Waals surface area contributed by atoms with E-state index in [4.69, 9.17) is 11.6 Å². The Balaban J connectivity index is 2.55. The Morgan fingerprint density at radius 2 is 2.20 bits per heavy atom. The molecular weight excluding hydrogens is 298 g/mol. The topological polar surface area (TPSA) is 81.5 Å². The molecule has 110 valence electrons. The van der Waals surface area contributed by atoms with E-state index in [9.17, 15) is 23.7 Å². The molecule has 0 heterocycles. The first kappa shape index (κ1) is 16.3. The Morgan fingerprint density at radius 3 is 2.80 bits per heavy atom. The quantitative estimate of drug-likeness (QED) is 0.476. The molecule has 0 radical (unpaired) electrons. The van der Waals surface area contributed by atoms with Crippen molar-refractivity contribution in [3.8, 4) is 0 Å². The number of carbonyl (C=O) groups is 1. The lowest BCUT2D eigenvalue weighted by Gasteiger charge is -2.07. The zero-order valence-electron chi connectivity index (χ0n) is 10.1. The van der Waals surface area contributed by atoms with Crippen LogP contribution in [0.25, 0.3) is 0 Å². The van der Waals surface area contributed by atoms with Crippen LogP contribution in [0.3, 0.4) is 0 Å². The Hall–Kier alpha value is -1.80. The average Bonchev–Trinajstić information content (AvgIpc) is 2.37. The molecule has 0 unspecified atom stereocenters. The molecule has 0 saturated carbocycles. The van der Waals surface area contributed by atoms with E-state index < -0.39 is 23.9 Å². The molecule has 0 saturated heterocycles. The first-order valence-corrected chi connectivity index (χ1v) is 5.87. The SMILES string of the molecule is O=C(NCCOCC(F)F)c1cc([N+](=O)[O-])ccc1Cl. The van der Waals surface area contributed by atoms with Gasteiger partial charge in [0.15, 0.2) is 0 Å². The molecule has 0 atom stereocenters. The molecule has 1 amide bonds. The van der Waals surface area contributed by atoms with E-state index in [1.165, 1.54) is 12.1 Å². The van der Waals surface area contributed by atoms with E-state index in [0.717, 1.165) is 6.07 Å². The maximum Gasteiger partial charge on any atom is 0.270 e. The lowest BCUT2D eigenvalue weighted by Crippen LogP contribution is -2.28. The minimum atomic E-state index is -2.57. The number of nitrogens with one attached hydrogen (secondary N) is 1. The lowest BCUT2D eigenvalue weighted by atomic mass is 10.2. The number of hydrogen-bond donors (Lipinski definition) is 1. The Morgan fingerprint density at radius 1 is 1.50 bits per heavy atom. The van der Waals surface area contributed by atoms with E-state index in [2.05, 4.69) is 10.1 Å². The predicted molar refractivity (Wildman–Crippen MR) is 67.3 cm³/mol. The van der Waals surface area contributed by atoms with Crippen LogP contribution in [0, 0.1) is 10.1 Å². The predicted octanol–water partition coefficient (Wildman–Crippen LogP) is 2.26. The van der Waals surface area contributed by atoms with Gasteiger partial charge in [-0.3, -0.25) is 14.9 Å². The van der Waals surface area contributed by atoms with Gasteiger partial charge in [0, 0.05) is 18.7 Å². The van der Waals surface area contributed by atoms with E-state index in [-0.39, 0.29) is 29.4 Å². The summed E-state index contributed by atoms with van der Waals surface area (Å²) in [5.41, 5.74) is -0.330. The molecule has 0 aliphatic heterocycles. The van der Waals surface area contributed by atoms with Crippen LogP contribution in [0.15, 0.2) is 18.2 Å². The summed E-state index contributed by atoms with van der Waals surface area (Å²) in [7, 11) is 0. The fourth-order valence-electron chi connectivity index (χ4n) is 1.31. The molecule has 6 nitrogen and oxygen atoms in total. The van der Waals surface area contributed by atoms with Crippen molar-refractivity contribution in [1.82, 2.24) is 5.32 Å². The minimum absolute atomic E-state index is 0.00935. The van der Waals surface area contributed by atoms with Crippen LogP contribution < -0.4 is 5.32 Å². The number of carbonyl (C=O) groups excluding carboxylic acids is 1. The standard InChI is InChI=1S/C11H11ClF2N2O4/c12-9-2-1-7(16(18)19)5-8(9)11(17)15-3-4-20-6-10(13)14/h1-2,5,10H,3-4,6H2,(H,15,17). The number of hydrogen-bond acceptors (Lipinski definition) is 4. The summed E-state index contributed by atoms with van der Waals surface area (Å²) in [5, 5.41) is 13.0. The first-order valence-electron chi connectivity index (χ1n) is 5.50. The van der Waals surface area contributed by atoms with Crippen LogP contribution in [0.4, 0.5) is 14.5 Å². The van der Waals surface area contributed by atoms with E-state index in [1.807, 2.05) is 0 Å². The van der Waals surface area contributed by atoms with Gasteiger partial charge in [0.25, 0.3) is 18.0 Å². The number of benzene rings is 1. The number of ether oxygens (including phenoxy) is 1. The van der Waals surface area contributed by atoms with Gasteiger partial charge in [0.1, 0.15) is 6.61 Å². The van der Waals surface area contributed by atoms with Crippen molar-refractivity contribution in [2.24, 2.45) is 0 Å². The number of nitrogens with zero attached hydrogens (tertiary/aromatic N) is 1. The fraction of sp³-hybridized carbons (Fsp3) is 0.364. The van der Waals surface area contributed by atoms with Crippen molar-refractivity contribution in [1.29, 1.82) is 0 Å². The highest BCUT2D eigenvalue weighted by molar-refractivity contribution is 6.33. The molecule has 0 aliphatic carbocycles. The Labute approximate surface area is 117 Å². The van der Waals surface area contributed by atoms with E-state index in [0.29, 0.717) is 0 Å². The van der Waals surface area contributed by atoms with Crippen LogP contribution in [-0.4, -0.2) is 37.0 Å². The molecule has 1 aromatic rings. The van der Waals surface area contributed by atoms with Crippen molar-refractivity contribution in [3.63, 3.8) is 0 Å². The first-order chi connectivity index (χ1) is 9.41. The van der Waals surface area contributed by atoms with E-state index >= 15 is 0 Å². The second-order valence-corrected chi connectivity index (χ2v) is 4.05. The smallest absolute Gasteiger partial charge is 0.270 e. The van der Waals surface area contributed by atoms with Gasteiger partial charge in [-0.05, 0) is 6.07 Å². The molecule has 0 aromatic heterocycles. The van der Waals surface area contributed by atoms with Gasteiger partial charge < -0.3 is 10.1 Å². The number of halogens is 3. The fourth-order valence-corrected chi connectivity index (χ4v) is 1.51. The third kappa shape index (κ3) is 5.06. The van der Waals surface area contributed by atoms with Crippen LogP contribution >= 0.6 is 11.6 Å². The molecule has 1 aromatic carbocycles. The number of nitro groups is 1. The second-order valence-electron chi connectivity index (χ2n) is 3.64. The maximum atomic E-state index is 11.8. The van der Waals surface area contributed by atoms with Gasteiger partial charge in [-0.1, -0.05) is 11.6 Å². The van der Waals surface area contributed by atoms with E-state index in [1.54, 1.807) is 0 Å². The number of amides is 1. The zero-order chi connectivity index (χ0) is 15.1. The summed E-state index contributed by atoms with van der Waals surface area (Å²) in [6.07, 6.45) is -2.57. The number of non-ortho nitro benzene ring substituents is 1. The molecule has 0 bridgehead atoms. The van der Waals surface area contributed by atoms with Gasteiger partial charge in [0.2, 0.25) is 0 Å². The molecule has 20 heavy (non-hydrogen) atoms. The largest absolute Gasteiger partial charge is 0.374 e. The van der Waals surface area contributed by atoms with Gasteiger partial charge in [0.05, 0.1) is 22.1 Å². The van der Waals surface area contributed by atoms with Crippen molar-refractivity contribution in [2.75, 3.05) is 19.8 Å². The zero-order valence-corrected chi connectivity index (χ0v) is 10.9. The van der Waals surface area contributed by atoms with Crippen LogP contribution in [0.2, 0.25) is 5.02 Å². The summed E-state index contributed by atoms with van der Waals surface area (Å²) in [6, 6.07) is 3.45. The number of alkyl halides is 2. The summed E-state index contributed by atoms with van der Waals surface area (Å²) < 4.78 is 28.1. The van der Waals surface area contributed by atoms with Crippen molar-refractivity contribution in [3.05, 3.63) is 38.9 Å². The summed E-state index contributed by atoms with van der Waals surface area (Å²) >= 11 is 5.76. The van der Waals surface area contributed by atoms with Crippen molar-refractivity contribution in [2.45, 2.75) is 6.43 Å². The number of nitro benzene ring substituents is 1. The van der Waals surface area contributed by atoms with Crippen LogP contribution in [0.1, 0.15) is 10.4 Å². The van der Waals surface area contributed by atoms with Crippen molar-refractivity contribution >= 4 is 23.2 Å². The minimum Gasteiger partial charge on any atom is -0.374 e. The third-order valence-electron chi connectivity index (χ3n) is 2.18. The molecular formula is C11H11ClF2N2O4. The average molecular weight is 309 g/mol. The molecule has 0 fully saturated rings. The van der Waals surface area contributed by atoms with Gasteiger partial charge in [-0.25, -0.2) is 8.78 Å². The molecule has 1 rings (SSSR count). The van der Waals surface area contributed by atoms with Gasteiger partial charge in [-0.2, -0.15) is 0 Å². The highest BCUT2D eigenvalue weighted by atomic mass is 35.5.